The molecule has 0 unspecified atom stereocenters. The molecular formula is C27H31N7O3. The number of benzene rings is 1. The number of nitrogens with zero attached hydrogens (tertiary/aromatic N) is 6. The van der Waals surface area contributed by atoms with Gasteiger partial charge >= 0.3 is 0 Å². The number of anilines is 1. The van der Waals surface area contributed by atoms with Crippen molar-refractivity contribution in [2.75, 3.05) is 18.6 Å². The molecule has 1 aliphatic rings. The third-order valence-corrected chi connectivity index (χ3v) is 6.87. The molecule has 2 amide bonds. The molecule has 0 radical (unpaired) electrons. The fourth-order valence-electron chi connectivity index (χ4n) is 4.66. The summed E-state index contributed by atoms with van der Waals surface area (Å²) in [6, 6.07) is 12.4. The van der Waals surface area contributed by atoms with Gasteiger partial charge in [-0.2, -0.15) is 10.2 Å². The van der Waals surface area contributed by atoms with Crippen LogP contribution in [-0.4, -0.2) is 61.0 Å². The molecule has 192 valence electrons. The summed E-state index contributed by atoms with van der Waals surface area (Å²) < 4.78 is 3.30. The van der Waals surface area contributed by atoms with E-state index in [1.54, 1.807) is 34.6 Å². The topological polar surface area (TPSA) is 118 Å². The molecule has 1 fully saturated rings. The SMILES string of the molecule is Cc1c(CCO)c(C2CC2)nn1CC(=O)N[C@@H](Cc1ccccc1)C(=O)N(C)c1ccc2ncnn2c1. The highest BCUT2D eigenvalue weighted by atomic mass is 16.3. The van der Waals surface area contributed by atoms with Gasteiger partial charge in [0.05, 0.1) is 17.6 Å². The summed E-state index contributed by atoms with van der Waals surface area (Å²) in [5.74, 6) is -0.126. The van der Waals surface area contributed by atoms with Crippen LogP contribution in [0.3, 0.4) is 0 Å². The van der Waals surface area contributed by atoms with Crippen molar-refractivity contribution in [2.24, 2.45) is 0 Å². The molecule has 1 aromatic carbocycles. The van der Waals surface area contributed by atoms with Gasteiger partial charge in [0, 0.05) is 31.7 Å². The molecule has 1 saturated carbocycles. The summed E-state index contributed by atoms with van der Waals surface area (Å²) in [6.45, 7) is 1.97. The standard InChI is InChI=1S/C27H31N7O3/c1-18-22(12-13-35)26(20-8-9-20)31-33(18)16-25(36)30-23(14-19-6-4-3-5-7-19)27(37)32(2)21-10-11-24-28-17-29-34(24)15-21/h3-7,10-11,15,17,20,23,35H,8-9,12-14,16H2,1-2H3,(H,30,36)/t23-/m0/s1. The fraction of sp³-hybridized carbons (Fsp3) is 0.370. The highest BCUT2D eigenvalue weighted by molar-refractivity contribution is 5.99. The van der Waals surface area contributed by atoms with Crippen molar-refractivity contribution in [3.63, 3.8) is 0 Å². The van der Waals surface area contributed by atoms with Gasteiger partial charge in [-0.1, -0.05) is 30.3 Å². The van der Waals surface area contributed by atoms with Crippen LogP contribution >= 0.6 is 0 Å². The number of amides is 2. The molecule has 3 aromatic heterocycles. The molecule has 3 heterocycles. The maximum absolute atomic E-state index is 13.6. The maximum atomic E-state index is 13.6. The van der Waals surface area contributed by atoms with Gasteiger partial charge in [0.25, 0.3) is 0 Å². The largest absolute Gasteiger partial charge is 0.396 e. The number of hydrogen-bond donors (Lipinski definition) is 2. The van der Waals surface area contributed by atoms with Crippen molar-refractivity contribution in [3.8, 4) is 0 Å². The van der Waals surface area contributed by atoms with Crippen LogP contribution in [0.15, 0.2) is 55.0 Å². The van der Waals surface area contributed by atoms with Gasteiger partial charge in [-0.15, -0.1) is 0 Å². The molecule has 10 nitrogen and oxygen atoms in total. The van der Waals surface area contributed by atoms with E-state index >= 15 is 0 Å². The van der Waals surface area contributed by atoms with Crippen molar-refractivity contribution in [2.45, 2.75) is 51.1 Å². The van der Waals surface area contributed by atoms with Gasteiger partial charge in [0.15, 0.2) is 5.65 Å². The van der Waals surface area contributed by atoms with Gasteiger partial charge in [0.2, 0.25) is 11.8 Å². The zero-order valence-corrected chi connectivity index (χ0v) is 21.0. The molecule has 4 aromatic rings. The summed E-state index contributed by atoms with van der Waals surface area (Å²) in [6.07, 6.45) is 6.23. The lowest BCUT2D eigenvalue weighted by Gasteiger charge is -2.25. The predicted octanol–water partition coefficient (Wildman–Crippen LogP) is 2.04. The van der Waals surface area contributed by atoms with E-state index in [-0.39, 0.29) is 25.0 Å². The van der Waals surface area contributed by atoms with Gasteiger partial charge in [-0.25, -0.2) is 9.50 Å². The minimum absolute atomic E-state index is 0.00415. The number of likely N-dealkylation sites (N-methyl/N-ethyl adjacent to an activating group) is 1. The summed E-state index contributed by atoms with van der Waals surface area (Å²) in [5, 5.41) is 21.3. The van der Waals surface area contributed by atoms with Crippen LogP contribution in [0.1, 0.15) is 41.3 Å². The summed E-state index contributed by atoms with van der Waals surface area (Å²) in [7, 11) is 1.69. The Morgan fingerprint density at radius 3 is 2.70 bits per heavy atom. The second kappa shape index (κ2) is 10.5. The number of aliphatic hydroxyl groups excluding tert-OH is 1. The number of aliphatic hydroxyl groups is 1. The number of rotatable bonds is 10. The number of aromatic nitrogens is 5. The smallest absolute Gasteiger partial charge is 0.249 e. The van der Waals surface area contributed by atoms with E-state index in [9.17, 15) is 14.7 Å². The number of nitrogens with one attached hydrogen (secondary N) is 1. The molecule has 0 aliphatic heterocycles. The number of fused-ring (bicyclic) bond motifs is 1. The van der Waals surface area contributed by atoms with Crippen LogP contribution in [0.25, 0.3) is 5.65 Å². The third kappa shape index (κ3) is 5.39. The zero-order valence-electron chi connectivity index (χ0n) is 21.0. The van der Waals surface area contributed by atoms with Crippen molar-refractivity contribution in [3.05, 3.63) is 77.5 Å². The Morgan fingerprint density at radius 1 is 1.19 bits per heavy atom. The molecule has 1 atom stereocenters. The first-order chi connectivity index (χ1) is 17.9. The van der Waals surface area contributed by atoms with Gasteiger partial charge in [-0.05, 0) is 49.4 Å². The van der Waals surface area contributed by atoms with Crippen molar-refractivity contribution >= 4 is 23.1 Å². The Balaban J connectivity index is 1.36. The Bertz CT molecular complexity index is 1410. The maximum Gasteiger partial charge on any atom is 0.249 e. The minimum atomic E-state index is -0.776. The molecule has 5 rings (SSSR count). The second-order valence-electron chi connectivity index (χ2n) is 9.51. The Labute approximate surface area is 214 Å². The van der Waals surface area contributed by atoms with Crippen molar-refractivity contribution in [1.29, 1.82) is 0 Å². The molecule has 37 heavy (non-hydrogen) atoms. The van der Waals surface area contributed by atoms with E-state index in [1.165, 1.54) is 11.2 Å². The third-order valence-electron chi connectivity index (χ3n) is 6.87. The van der Waals surface area contributed by atoms with Crippen molar-refractivity contribution < 1.29 is 14.7 Å². The molecule has 0 saturated heterocycles. The van der Waals surface area contributed by atoms with E-state index in [0.29, 0.717) is 30.1 Å². The highest BCUT2D eigenvalue weighted by Gasteiger charge is 2.31. The lowest BCUT2D eigenvalue weighted by molar-refractivity contribution is -0.127. The summed E-state index contributed by atoms with van der Waals surface area (Å²) in [5.41, 5.74) is 5.16. The predicted molar refractivity (Wildman–Crippen MR) is 138 cm³/mol. The Morgan fingerprint density at radius 2 is 1.97 bits per heavy atom. The van der Waals surface area contributed by atoms with Crippen LogP contribution in [0.5, 0.6) is 0 Å². The first-order valence-corrected chi connectivity index (χ1v) is 12.5. The van der Waals surface area contributed by atoms with E-state index in [2.05, 4.69) is 15.4 Å². The summed E-state index contributed by atoms with van der Waals surface area (Å²) >= 11 is 0. The van der Waals surface area contributed by atoms with Crippen LogP contribution < -0.4 is 10.2 Å². The lowest BCUT2D eigenvalue weighted by Crippen LogP contribution is -2.49. The van der Waals surface area contributed by atoms with E-state index in [0.717, 1.165) is 35.4 Å². The van der Waals surface area contributed by atoms with Gasteiger partial charge < -0.3 is 15.3 Å². The van der Waals surface area contributed by atoms with Crippen LogP contribution in [0.4, 0.5) is 5.69 Å². The minimum Gasteiger partial charge on any atom is -0.396 e. The number of carbonyl (C=O) groups is 2. The molecule has 0 spiro atoms. The fourth-order valence-corrected chi connectivity index (χ4v) is 4.66. The first kappa shape index (κ1) is 24.6. The van der Waals surface area contributed by atoms with Crippen LogP contribution in [-0.2, 0) is 29.0 Å². The molecule has 10 heteroatoms. The van der Waals surface area contributed by atoms with Crippen LogP contribution in [0, 0.1) is 6.92 Å². The number of hydrogen-bond acceptors (Lipinski definition) is 6. The molecule has 2 N–H and O–H groups in total. The monoisotopic (exact) mass is 501 g/mol. The first-order valence-electron chi connectivity index (χ1n) is 12.5. The zero-order chi connectivity index (χ0) is 25.9. The summed E-state index contributed by atoms with van der Waals surface area (Å²) in [4.78, 5) is 32.5. The average molecular weight is 502 g/mol. The molecule has 1 aliphatic carbocycles. The normalized spacial score (nSPS) is 14.0. The van der Waals surface area contributed by atoms with Crippen molar-refractivity contribution in [1.82, 2.24) is 29.7 Å². The highest BCUT2D eigenvalue weighted by Crippen LogP contribution is 2.41. The number of pyridine rings is 1. The molecule has 0 bridgehead atoms. The van der Waals surface area contributed by atoms with Crippen LogP contribution in [0.2, 0.25) is 0 Å². The quantitative estimate of drug-likeness (QED) is 0.343. The lowest BCUT2D eigenvalue weighted by atomic mass is 10.0. The molecular weight excluding hydrogens is 470 g/mol. The number of carbonyl (C=O) groups excluding carboxylic acids is 2. The van der Waals surface area contributed by atoms with E-state index in [1.807, 2.05) is 37.3 Å². The van der Waals surface area contributed by atoms with Gasteiger partial charge in [0.1, 0.15) is 18.9 Å². The van der Waals surface area contributed by atoms with E-state index in [4.69, 9.17) is 5.10 Å². The Hall–Kier alpha value is -4.05. The average Bonchev–Trinajstić information content (AvgIpc) is 3.57. The second-order valence-corrected chi connectivity index (χ2v) is 9.51. The Kier molecular flexibility index (Phi) is 7.00. The van der Waals surface area contributed by atoms with E-state index < -0.39 is 6.04 Å². The van der Waals surface area contributed by atoms with Gasteiger partial charge in [-0.3, -0.25) is 14.3 Å².